The summed E-state index contributed by atoms with van der Waals surface area (Å²) in [5.41, 5.74) is 0.0605. The van der Waals surface area contributed by atoms with Crippen LogP contribution in [0.4, 0.5) is 5.82 Å². The van der Waals surface area contributed by atoms with Crippen LogP contribution in [0, 0.1) is 0 Å². The first kappa shape index (κ1) is 12.1. The Balaban J connectivity index is 3.06. The fraction of sp³-hybridized carbons (Fsp3) is 0.300. The van der Waals surface area contributed by atoms with Crippen molar-refractivity contribution in [3.8, 4) is 0 Å². The predicted molar refractivity (Wildman–Crippen MR) is 58.5 cm³/mol. The van der Waals surface area contributed by atoms with Crippen LogP contribution in [0.15, 0.2) is 24.9 Å². The summed E-state index contributed by atoms with van der Waals surface area (Å²) in [6.45, 7) is 4.16. The Labute approximate surface area is 92.8 Å². The zero-order valence-electron chi connectivity index (χ0n) is 8.70. The maximum absolute atomic E-state index is 11.0. The highest BCUT2D eigenvalue weighted by atomic mass is 16.4. The molecule has 16 heavy (non-hydrogen) atoms. The largest absolute Gasteiger partial charge is 0.478 e. The van der Waals surface area contributed by atoms with Gasteiger partial charge in [0.2, 0.25) is 0 Å². The van der Waals surface area contributed by atoms with E-state index in [1.807, 2.05) is 0 Å². The maximum atomic E-state index is 11.0. The molecule has 0 saturated heterocycles. The SMILES string of the molecule is C=CCN(CCO)c1nnccc1C(=O)O. The van der Waals surface area contributed by atoms with E-state index in [0.29, 0.717) is 6.54 Å². The summed E-state index contributed by atoms with van der Waals surface area (Å²) < 4.78 is 0. The highest BCUT2D eigenvalue weighted by Gasteiger charge is 2.16. The Morgan fingerprint density at radius 1 is 1.62 bits per heavy atom. The number of nitrogens with zero attached hydrogens (tertiary/aromatic N) is 3. The van der Waals surface area contributed by atoms with Crippen molar-refractivity contribution < 1.29 is 15.0 Å². The molecular weight excluding hydrogens is 210 g/mol. The van der Waals surface area contributed by atoms with Gasteiger partial charge in [0.15, 0.2) is 5.82 Å². The number of aromatic nitrogens is 2. The van der Waals surface area contributed by atoms with Gasteiger partial charge in [-0.3, -0.25) is 0 Å². The summed E-state index contributed by atoms with van der Waals surface area (Å²) in [4.78, 5) is 12.6. The van der Waals surface area contributed by atoms with Crippen molar-refractivity contribution in [2.45, 2.75) is 0 Å². The van der Waals surface area contributed by atoms with Crippen LogP contribution in [0.2, 0.25) is 0 Å². The van der Waals surface area contributed by atoms with Gasteiger partial charge >= 0.3 is 5.97 Å². The van der Waals surface area contributed by atoms with Crippen LogP contribution in [-0.2, 0) is 0 Å². The normalized spacial score (nSPS) is 9.81. The Hall–Kier alpha value is -1.95. The molecule has 0 aliphatic heterocycles. The summed E-state index contributed by atoms with van der Waals surface area (Å²) in [7, 11) is 0. The lowest BCUT2D eigenvalue weighted by atomic mass is 10.2. The molecule has 2 N–H and O–H groups in total. The van der Waals surface area contributed by atoms with Crippen LogP contribution < -0.4 is 4.90 Å². The minimum absolute atomic E-state index is 0.0605. The molecule has 1 rings (SSSR count). The Morgan fingerprint density at radius 2 is 2.38 bits per heavy atom. The van der Waals surface area contributed by atoms with Crippen molar-refractivity contribution in [3.05, 3.63) is 30.5 Å². The number of aliphatic hydroxyl groups is 1. The van der Waals surface area contributed by atoms with Gasteiger partial charge in [-0.15, -0.1) is 11.7 Å². The summed E-state index contributed by atoms with van der Waals surface area (Å²) >= 11 is 0. The molecule has 0 unspecified atom stereocenters. The number of carbonyl (C=O) groups is 1. The fourth-order valence-electron chi connectivity index (χ4n) is 1.29. The van der Waals surface area contributed by atoms with Crippen LogP contribution in [0.5, 0.6) is 0 Å². The van der Waals surface area contributed by atoms with Crippen LogP contribution >= 0.6 is 0 Å². The molecule has 1 aromatic heterocycles. The van der Waals surface area contributed by atoms with Gasteiger partial charge in [0.1, 0.15) is 5.56 Å². The van der Waals surface area contributed by atoms with Crippen molar-refractivity contribution in [2.24, 2.45) is 0 Å². The number of carboxylic acid groups (broad SMARTS) is 1. The third-order valence-electron chi connectivity index (χ3n) is 1.95. The third-order valence-corrected chi connectivity index (χ3v) is 1.95. The molecule has 0 fully saturated rings. The van der Waals surface area contributed by atoms with Gasteiger partial charge in [-0.05, 0) is 6.07 Å². The molecule has 0 aliphatic carbocycles. The third kappa shape index (κ3) is 2.77. The average Bonchev–Trinajstić information content (AvgIpc) is 2.29. The van der Waals surface area contributed by atoms with Crippen LogP contribution in [0.1, 0.15) is 10.4 Å². The van der Waals surface area contributed by atoms with Gasteiger partial charge in [0, 0.05) is 13.1 Å². The first-order valence-corrected chi connectivity index (χ1v) is 4.72. The van der Waals surface area contributed by atoms with Crippen LogP contribution in [0.3, 0.4) is 0 Å². The van der Waals surface area contributed by atoms with E-state index in [0.717, 1.165) is 0 Å². The molecule has 6 heteroatoms. The quantitative estimate of drug-likeness (QED) is 0.668. The molecule has 0 aliphatic rings. The monoisotopic (exact) mass is 223 g/mol. The van der Waals surface area contributed by atoms with Crippen molar-refractivity contribution >= 4 is 11.8 Å². The first-order valence-electron chi connectivity index (χ1n) is 4.72. The van der Waals surface area contributed by atoms with E-state index in [4.69, 9.17) is 10.2 Å². The van der Waals surface area contributed by atoms with Gasteiger partial charge in [0.05, 0.1) is 12.8 Å². The van der Waals surface area contributed by atoms with E-state index < -0.39 is 5.97 Å². The zero-order chi connectivity index (χ0) is 12.0. The zero-order valence-corrected chi connectivity index (χ0v) is 8.70. The number of aromatic carboxylic acids is 1. The Morgan fingerprint density at radius 3 is 2.94 bits per heavy atom. The van der Waals surface area contributed by atoms with E-state index in [2.05, 4.69) is 16.8 Å². The topological polar surface area (TPSA) is 86.5 Å². The minimum atomic E-state index is -1.07. The Bertz CT molecular complexity index is 381. The maximum Gasteiger partial charge on any atom is 0.339 e. The lowest BCUT2D eigenvalue weighted by Gasteiger charge is -2.21. The summed E-state index contributed by atoms with van der Waals surface area (Å²) in [6.07, 6.45) is 2.92. The van der Waals surface area contributed by atoms with Crippen molar-refractivity contribution in [1.82, 2.24) is 10.2 Å². The van der Waals surface area contributed by atoms with Gasteiger partial charge < -0.3 is 15.1 Å². The van der Waals surface area contributed by atoms with Gasteiger partial charge in [0.25, 0.3) is 0 Å². The van der Waals surface area contributed by atoms with Crippen LogP contribution in [0.25, 0.3) is 0 Å². The number of anilines is 1. The van der Waals surface area contributed by atoms with E-state index in [1.165, 1.54) is 12.3 Å². The average molecular weight is 223 g/mol. The fourth-order valence-corrected chi connectivity index (χ4v) is 1.29. The molecule has 0 bridgehead atoms. The second-order valence-electron chi connectivity index (χ2n) is 3.03. The molecule has 0 radical (unpaired) electrons. The highest BCUT2D eigenvalue weighted by molar-refractivity contribution is 5.93. The van der Waals surface area contributed by atoms with E-state index in [9.17, 15) is 4.79 Å². The standard InChI is InChI=1S/C10H13N3O3/c1-2-5-13(6-7-14)9-8(10(15)16)3-4-11-12-9/h2-4,14H,1,5-7H2,(H,15,16). The lowest BCUT2D eigenvalue weighted by Crippen LogP contribution is -2.29. The van der Waals surface area contributed by atoms with Gasteiger partial charge in [-0.2, -0.15) is 5.10 Å². The van der Waals surface area contributed by atoms with Gasteiger partial charge in [-0.1, -0.05) is 6.08 Å². The van der Waals surface area contributed by atoms with Crippen molar-refractivity contribution in [3.63, 3.8) is 0 Å². The first-order chi connectivity index (χ1) is 7.70. The molecule has 0 spiro atoms. The molecule has 1 aromatic rings. The molecule has 6 nitrogen and oxygen atoms in total. The number of rotatable bonds is 6. The summed E-state index contributed by atoms with van der Waals surface area (Å²) in [5, 5.41) is 25.3. The molecule has 0 amide bonds. The lowest BCUT2D eigenvalue weighted by molar-refractivity contribution is 0.0697. The van der Waals surface area contributed by atoms with Crippen molar-refractivity contribution in [1.29, 1.82) is 0 Å². The highest BCUT2D eigenvalue weighted by Crippen LogP contribution is 2.15. The van der Waals surface area contributed by atoms with E-state index in [-0.39, 0.29) is 24.5 Å². The number of hydrogen-bond acceptors (Lipinski definition) is 5. The number of aliphatic hydroxyl groups excluding tert-OH is 1. The molecule has 0 saturated carbocycles. The predicted octanol–water partition coefficient (Wildman–Crippen LogP) is 0.159. The minimum Gasteiger partial charge on any atom is -0.478 e. The smallest absolute Gasteiger partial charge is 0.339 e. The van der Waals surface area contributed by atoms with Crippen LogP contribution in [-0.4, -0.2) is 46.1 Å². The Kier molecular flexibility index (Phi) is 4.41. The molecular formula is C10H13N3O3. The second-order valence-corrected chi connectivity index (χ2v) is 3.03. The molecule has 0 aromatic carbocycles. The van der Waals surface area contributed by atoms with E-state index in [1.54, 1.807) is 11.0 Å². The summed E-state index contributed by atoms with van der Waals surface area (Å²) in [6, 6.07) is 1.37. The molecule has 86 valence electrons. The molecule has 1 heterocycles. The number of carboxylic acids is 1. The second kappa shape index (κ2) is 5.82. The number of hydrogen-bond donors (Lipinski definition) is 2. The molecule has 0 atom stereocenters. The van der Waals surface area contributed by atoms with Gasteiger partial charge in [-0.25, -0.2) is 4.79 Å². The van der Waals surface area contributed by atoms with Crippen molar-refractivity contribution in [2.75, 3.05) is 24.6 Å². The summed E-state index contributed by atoms with van der Waals surface area (Å²) in [5.74, 6) is -0.833. The van der Waals surface area contributed by atoms with E-state index >= 15 is 0 Å².